The maximum atomic E-state index is 10.5. The summed E-state index contributed by atoms with van der Waals surface area (Å²) in [5.74, 6) is 1.58. The van der Waals surface area contributed by atoms with Gasteiger partial charge in [0.25, 0.3) is 0 Å². The highest BCUT2D eigenvalue weighted by Gasteiger charge is 2.44. The van der Waals surface area contributed by atoms with Gasteiger partial charge < -0.3 is 34.6 Å². The standard InChI is InChI=1S/C25H32O7/c1-30-20-11-8-16(25-24(29)23(28)22(27)21(14-26)32-25)13-17(20)12-15-6-9-19(10-7-15)31-18-4-2-3-5-18/h6-11,13,18,21-29H,2-5,12,14H2,1H3/t21?,22-,23+,24-,25+/m1/s1. The summed E-state index contributed by atoms with van der Waals surface area (Å²) >= 11 is 0. The van der Waals surface area contributed by atoms with E-state index in [4.69, 9.17) is 14.2 Å². The van der Waals surface area contributed by atoms with Crippen LogP contribution in [0.1, 0.15) is 48.5 Å². The van der Waals surface area contributed by atoms with Crippen LogP contribution in [-0.4, -0.2) is 64.7 Å². The second-order valence-corrected chi connectivity index (χ2v) is 8.67. The Labute approximate surface area is 188 Å². The van der Waals surface area contributed by atoms with Gasteiger partial charge in [-0.1, -0.05) is 18.2 Å². The van der Waals surface area contributed by atoms with Crippen molar-refractivity contribution in [2.75, 3.05) is 13.7 Å². The quantitative estimate of drug-likeness (QED) is 0.518. The fourth-order valence-electron chi connectivity index (χ4n) is 4.60. The molecule has 0 radical (unpaired) electrons. The fraction of sp³-hybridized carbons (Fsp3) is 0.520. The zero-order valence-electron chi connectivity index (χ0n) is 18.3. The summed E-state index contributed by atoms with van der Waals surface area (Å²) in [4.78, 5) is 0. The van der Waals surface area contributed by atoms with Crippen molar-refractivity contribution in [1.29, 1.82) is 0 Å². The van der Waals surface area contributed by atoms with Gasteiger partial charge in [-0.3, -0.25) is 0 Å². The van der Waals surface area contributed by atoms with E-state index >= 15 is 0 Å². The van der Waals surface area contributed by atoms with E-state index in [1.807, 2.05) is 30.3 Å². The Kier molecular flexibility index (Phi) is 7.33. The molecule has 1 heterocycles. The highest BCUT2D eigenvalue weighted by atomic mass is 16.5. The van der Waals surface area contributed by atoms with E-state index in [9.17, 15) is 20.4 Å². The SMILES string of the molecule is COc1ccc([C@@H]2OC(CO)[C@@H](O)[C@H](O)[C@H]2O)cc1Cc1ccc(OC2CCCC2)cc1. The molecule has 2 aromatic rings. The molecule has 2 aromatic carbocycles. The van der Waals surface area contributed by atoms with Crippen molar-refractivity contribution >= 4 is 0 Å². The van der Waals surface area contributed by atoms with Gasteiger partial charge in [-0.2, -0.15) is 0 Å². The zero-order chi connectivity index (χ0) is 22.7. The van der Waals surface area contributed by atoms with Crippen molar-refractivity contribution in [2.24, 2.45) is 0 Å². The van der Waals surface area contributed by atoms with Gasteiger partial charge in [-0.25, -0.2) is 0 Å². The van der Waals surface area contributed by atoms with E-state index in [2.05, 4.69) is 0 Å². The van der Waals surface area contributed by atoms with Gasteiger partial charge in [0.1, 0.15) is 42.0 Å². The summed E-state index contributed by atoms with van der Waals surface area (Å²) in [5, 5.41) is 40.1. The molecule has 4 rings (SSSR count). The molecule has 7 nitrogen and oxygen atoms in total. The lowest BCUT2D eigenvalue weighted by Crippen LogP contribution is -2.55. The average molecular weight is 445 g/mol. The van der Waals surface area contributed by atoms with Gasteiger partial charge in [0.2, 0.25) is 0 Å². The van der Waals surface area contributed by atoms with Gasteiger partial charge in [0.15, 0.2) is 0 Å². The molecule has 32 heavy (non-hydrogen) atoms. The molecule has 2 aliphatic rings. The molecule has 2 fully saturated rings. The van der Waals surface area contributed by atoms with Gasteiger partial charge in [-0.05, 0) is 66.6 Å². The summed E-state index contributed by atoms with van der Waals surface area (Å²) in [6.07, 6.45) is -0.338. The van der Waals surface area contributed by atoms with E-state index in [0.717, 1.165) is 29.7 Å². The second-order valence-electron chi connectivity index (χ2n) is 8.67. The molecule has 5 atom stereocenters. The number of ether oxygens (including phenoxy) is 3. The van der Waals surface area contributed by atoms with Crippen LogP contribution >= 0.6 is 0 Å². The van der Waals surface area contributed by atoms with Crippen molar-refractivity contribution < 1.29 is 34.6 Å². The minimum Gasteiger partial charge on any atom is -0.496 e. The van der Waals surface area contributed by atoms with Crippen molar-refractivity contribution in [1.82, 2.24) is 0 Å². The third kappa shape index (κ3) is 4.92. The second kappa shape index (κ2) is 10.2. The molecule has 1 saturated carbocycles. The molecule has 0 aromatic heterocycles. The third-order valence-electron chi connectivity index (χ3n) is 6.45. The number of hydrogen-bond acceptors (Lipinski definition) is 7. The highest BCUT2D eigenvalue weighted by molar-refractivity contribution is 5.42. The van der Waals surface area contributed by atoms with E-state index in [-0.39, 0.29) is 0 Å². The molecular weight excluding hydrogens is 412 g/mol. The van der Waals surface area contributed by atoms with Crippen LogP contribution < -0.4 is 9.47 Å². The first-order valence-corrected chi connectivity index (χ1v) is 11.2. The molecule has 174 valence electrons. The molecule has 0 amide bonds. The van der Waals surface area contributed by atoms with Crippen molar-refractivity contribution in [2.45, 2.75) is 68.7 Å². The smallest absolute Gasteiger partial charge is 0.122 e. The van der Waals surface area contributed by atoms with E-state index in [1.54, 1.807) is 19.2 Å². The van der Waals surface area contributed by atoms with Crippen LogP contribution in [0.3, 0.4) is 0 Å². The topological polar surface area (TPSA) is 109 Å². The number of benzene rings is 2. The van der Waals surface area contributed by atoms with Crippen LogP contribution in [-0.2, 0) is 11.2 Å². The maximum absolute atomic E-state index is 10.5. The van der Waals surface area contributed by atoms with Crippen LogP contribution in [0.15, 0.2) is 42.5 Å². The highest BCUT2D eigenvalue weighted by Crippen LogP contribution is 2.35. The van der Waals surface area contributed by atoms with E-state index < -0.39 is 37.1 Å². The minimum absolute atomic E-state index is 0.316. The van der Waals surface area contributed by atoms with E-state index in [0.29, 0.717) is 23.8 Å². The Morgan fingerprint density at radius 3 is 2.31 bits per heavy atom. The normalized spacial score (nSPS) is 28.6. The first kappa shape index (κ1) is 23.0. The predicted octanol–water partition coefficient (Wildman–Crippen LogP) is 2.12. The van der Waals surface area contributed by atoms with Crippen LogP contribution in [0.5, 0.6) is 11.5 Å². The van der Waals surface area contributed by atoms with Crippen molar-refractivity contribution in [3.05, 3.63) is 59.2 Å². The molecule has 1 aliphatic heterocycles. The van der Waals surface area contributed by atoms with Crippen LogP contribution in [0.2, 0.25) is 0 Å². The number of aliphatic hydroxyl groups excluding tert-OH is 4. The van der Waals surface area contributed by atoms with Gasteiger partial charge >= 0.3 is 0 Å². The van der Waals surface area contributed by atoms with Crippen LogP contribution in [0.25, 0.3) is 0 Å². The summed E-state index contributed by atoms with van der Waals surface area (Å²) in [7, 11) is 1.60. The Morgan fingerprint density at radius 2 is 1.66 bits per heavy atom. The largest absolute Gasteiger partial charge is 0.496 e. The minimum atomic E-state index is -1.41. The first-order chi connectivity index (χ1) is 15.5. The maximum Gasteiger partial charge on any atom is 0.122 e. The first-order valence-electron chi connectivity index (χ1n) is 11.2. The molecule has 7 heteroatoms. The van der Waals surface area contributed by atoms with Crippen molar-refractivity contribution in [3.8, 4) is 11.5 Å². The van der Waals surface area contributed by atoms with Crippen LogP contribution in [0.4, 0.5) is 0 Å². The molecule has 1 saturated heterocycles. The summed E-state index contributed by atoms with van der Waals surface area (Å²) in [6.45, 7) is -0.459. The monoisotopic (exact) mass is 444 g/mol. The third-order valence-corrected chi connectivity index (χ3v) is 6.45. The molecular formula is C25H32O7. The number of methoxy groups -OCH3 is 1. The Bertz CT molecular complexity index is 876. The van der Waals surface area contributed by atoms with Gasteiger partial charge in [0, 0.05) is 6.42 Å². The lowest BCUT2D eigenvalue weighted by molar-refractivity contribution is -0.231. The van der Waals surface area contributed by atoms with E-state index in [1.165, 1.54) is 12.8 Å². The Morgan fingerprint density at radius 1 is 0.938 bits per heavy atom. The number of rotatable bonds is 7. The molecule has 1 aliphatic carbocycles. The van der Waals surface area contributed by atoms with Gasteiger partial charge in [-0.15, -0.1) is 0 Å². The summed E-state index contributed by atoms with van der Waals surface area (Å²) < 4.78 is 17.3. The number of aliphatic hydroxyl groups is 4. The molecule has 0 bridgehead atoms. The van der Waals surface area contributed by atoms with Crippen LogP contribution in [0, 0.1) is 0 Å². The molecule has 4 N–H and O–H groups in total. The molecule has 1 unspecified atom stereocenters. The number of hydrogen-bond donors (Lipinski definition) is 4. The lowest BCUT2D eigenvalue weighted by Gasteiger charge is -2.40. The zero-order valence-corrected chi connectivity index (χ0v) is 18.3. The fourth-order valence-corrected chi connectivity index (χ4v) is 4.60. The lowest BCUT2D eigenvalue weighted by atomic mass is 9.90. The Balaban J connectivity index is 1.52. The summed E-state index contributed by atoms with van der Waals surface area (Å²) in [5.41, 5.74) is 2.61. The average Bonchev–Trinajstić information content (AvgIpc) is 3.32. The summed E-state index contributed by atoms with van der Waals surface area (Å²) in [6, 6.07) is 13.5. The molecule has 0 spiro atoms. The predicted molar refractivity (Wildman–Crippen MR) is 118 cm³/mol. The van der Waals surface area contributed by atoms with Gasteiger partial charge in [0.05, 0.1) is 19.8 Å². The van der Waals surface area contributed by atoms with Crippen molar-refractivity contribution in [3.63, 3.8) is 0 Å². The Hall–Kier alpha value is -2.16.